The molecule has 390 valence electrons. The van der Waals surface area contributed by atoms with Gasteiger partial charge < -0.3 is 50.6 Å². The van der Waals surface area contributed by atoms with E-state index in [0.29, 0.717) is 24.3 Å². The van der Waals surface area contributed by atoms with Crippen molar-refractivity contribution in [3.63, 3.8) is 0 Å². The Morgan fingerprint density at radius 3 is 1.79 bits per heavy atom. The third kappa shape index (κ3) is 22.9. The van der Waals surface area contributed by atoms with Crippen LogP contribution in [0.1, 0.15) is 92.7 Å². The molecule has 71 heavy (non-hydrogen) atoms. The minimum absolute atomic E-state index is 0.0153. The number of anilines is 4. The van der Waals surface area contributed by atoms with Crippen LogP contribution in [0.25, 0.3) is 0 Å². The van der Waals surface area contributed by atoms with Crippen LogP contribution in [-0.2, 0) is 31.4 Å². The molecule has 3 rings (SSSR count). The number of nitrogens with one attached hydrogen (secondary N) is 7. The Labute approximate surface area is 408 Å². The molecule has 3 aromatic carbocycles. The van der Waals surface area contributed by atoms with Gasteiger partial charge in [0.15, 0.2) is 0 Å². The van der Waals surface area contributed by atoms with Gasteiger partial charge in [-0.05, 0) is 112 Å². The Balaban J connectivity index is 1.86. The zero-order chi connectivity index (χ0) is 53.5. The quantitative estimate of drug-likeness (QED) is 0.0176. The van der Waals surface area contributed by atoms with Crippen molar-refractivity contribution in [2.75, 3.05) is 40.1 Å². The number of hydrogen-bond acceptors (Lipinski definition) is 11. The maximum atomic E-state index is 14.4. The maximum Gasteiger partial charge on any atom is 0.437 e. The van der Waals surface area contributed by atoms with Gasteiger partial charge in [0.2, 0.25) is 11.9 Å². The highest BCUT2D eigenvalue weighted by Crippen LogP contribution is 2.42. The van der Waals surface area contributed by atoms with Gasteiger partial charge in [0.25, 0.3) is 0 Å². The first kappa shape index (κ1) is 58.2. The standard InChI is InChI=1S/C45H56F6N8O11S/c1-41(2,3)68-38(64)53-17-18-71-34-31(56-33(60)15-10-11-16-52-35(58-39(65)69-42(4,5)6)59-40(66)70-43(7,8)9)21-26(45(49,50)51)22-32(34)57-36(61)54-27-13-12-14-29(23-27)67-30-20-25(44(46,47)48)19-28(24-30)55-37(62)63/h12-14,19-24,55H,10-11,15-18H2,1-9H3,(H,53,64)(H,56,60)(H,62,63)(H2,54,57,61)(H2,52,58,59,65,66). The average molecular weight is 1030 g/mol. The van der Waals surface area contributed by atoms with Crippen molar-refractivity contribution in [3.05, 3.63) is 65.7 Å². The fourth-order valence-electron chi connectivity index (χ4n) is 5.55. The van der Waals surface area contributed by atoms with Crippen LogP contribution in [0.2, 0.25) is 0 Å². The van der Waals surface area contributed by atoms with E-state index in [4.69, 9.17) is 24.1 Å². The number of benzene rings is 3. The number of carbonyl (C=O) groups excluding carboxylic acids is 5. The molecule has 0 saturated carbocycles. The summed E-state index contributed by atoms with van der Waals surface area (Å²) in [5.74, 6) is -1.64. The number of nitrogens with zero attached hydrogens (tertiary/aromatic N) is 1. The Morgan fingerprint density at radius 2 is 1.20 bits per heavy atom. The first-order valence-electron chi connectivity index (χ1n) is 21.4. The van der Waals surface area contributed by atoms with Crippen molar-refractivity contribution in [2.45, 2.75) is 116 Å². The van der Waals surface area contributed by atoms with Crippen molar-refractivity contribution >= 4 is 76.8 Å². The summed E-state index contributed by atoms with van der Waals surface area (Å²) in [5, 5.41) is 25.7. The second-order valence-electron chi connectivity index (χ2n) is 18.1. The van der Waals surface area contributed by atoms with Gasteiger partial charge in [-0.25, -0.2) is 24.0 Å². The zero-order valence-electron chi connectivity index (χ0n) is 40.1. The summed E-state index contributed by atoms with van der Waals surface area (Å²) in [4.78, 5) is 78.8. The number of alkyl carbamates (subject to hydrolysis) is 2. The molecule has 8 N–H and O–H groups in total. The van der Waals surface area contributed by atoms with E-state index in [1.807, 2.05) is 5.32 Å². The second-order valence-corrected chi connectivity index (χ2v) is 19.2. The van der Waals surface area contributed by atoms with Crippen molar-refractivity contribution in [1.82, 2.24) is 16.0 Å². The van der Waals surface area contributed by atoms with E-state index < -0.39 is 93.7 Å². The smallest absolute Gasteiger partial charge is 0.437 e. The lowest BCUT2D eigenvalue weighted by Gasteiger charge is -2.21. The Hall–Kier alpha value is -7.12. The van der Waals surface area contributed by atoms with Gasteiger partial charge in [-0.2, -0.15) is 26.3 Å². The molecule has 0 heterocycles. The van der Waals surface area contributed by atoms with Crippen LogP contribution < -0.4 is 42.0 Å². The second kappa shape index (κ2) is 24.6. The Kier molecular flexibility index (Phi) is 20.2. The third-order valence-corrected chi connectivity index (χ3v) is 9.24. The van der Waals surface area contributed by atoms with Gasteiger partial charge in [-0.3, -0.25) is 15.4 Å². The van der Waals surface area contributed by atoms with E-state index in [-0.39, 0.29) is 66.1 Å². The largest absolute Gasteiger partial charge is 0.465 e. The number of thioether (sulfide) groups is 1. The van der Waals surface area contributed by atoms with E-state index in [2.05, 4.69) is 36.9 Å². The lowest BCUT2D eigenvalue weighted by Crippen LogP contribution is -2.44. The molecule has 0 fully saturated rings. The molecule has 0 aromatic heterocycles. The SMILES string of the molecule is CC(C)(C)OC(=O)N=C(NCCCCC(=O)Nc1cc(C(F)(F)F)cc(NC(=O)Nc2cccc(Oc3cc(NC(=O)O)cc(C(F)(F)F)c3)c2)c1SCCNC(=O)OC(C)(C)C)NC(=O)OC(C)(C)C. The van der Waals surface area contributed by atoms with E-state index in [1.54, 1.807) is 62.3 Å². The Morgan fingerprint density at radius 1 is 0.620 bits per heavy atom. The zero-order valence-corrected chi connectivity index (χ0v) is 40.9. The molecule has 0 unspecified atom stereocenters. The van der Waals surface area contributed by atoms with Crippen LogP contribution in [-0.4, -0.2) is 83.0 Å². The van der Waals surface area contributed by atoms with Crippen LogP contribution >= 0.6 is 11.8 Å². The number of urea groups is 1. The molecule has 0 atom stereocenters. The fourth-order valence-corrected chi connectivity index (χ4v) is 6.49. The van der Waals surface area contributed by atoms with Crippen molar-refractivity contribution < 1.29 is 79.2 Å². The molecule has 0 saturated heterocycles. The first-order chi connectivity index (χ1) is 32.6. The van der Waals surface area contributed by atoms with E-state index in [0.717, 1.165) is 17.8 Å². The predicted molar refractivity (Wildman–Crippen MR) is 252 cm³/mol. The summed E-state index contributed by atoms with van der Waals surface area (Å²) < 4.78 is 105. The number of rotatable bonds is 15. The van der Waals surface area contributed by atoms with E-state index in [9.17, 15) is 55.1 Å². The lowest BCUT2D eigenvalue weighted by atomic mass is 10.1. The molecule has 19 nitrogen and oxygen atoms in total. The molecule has 0 radical (unpaired) electrons. The molecule has 0 bridgehead atoms. The number of unbranched alkanes of at least 4 members (excludes halogenated alkanes) is 1. The molecule has 0 aliphatic carbocycles. The molecular formula is C45H56F6N8O11S. The number of aliphatic imine (C=N–C) groups is 1. The molecule has 0 spiro atoms. The first-order valence-corrected chi connectivity index (χ1v) is 22.4. The van der Waals surface area contributed by atoms with Crippen LogP contribution in [0.3, 0.4) is 0 Å². The normalized spacial score (nSPS) is 12.2. The fraction of sp³-hybridized carbons (Fsp3) is 0.444. The number of alkyl halides is 6. The van der Waals surface area contributed by atoms with Crippen LogP contribution in [0.5, 0.6) is 11.5 Å². The lowest BCUT2D eigenvalue weighted by molar-refractivity contribution is -0.138. The number of amides is 7. The third-order valence-electron chi connectivity index (χ3n) is 8.11. The average Bonchev–Trinajstić information content (AvgIpc) is 3.16. The van der Waals surface area contributed by atoms with Gasteiger partial charge in [0, 0.05) is 48.8 Å². The highest BCUT2D eigenvalue weighted by molar-refractivity contribution is 7.99. The molecule has 3 aromatic rings. The minimum Gasteiger partial charge on any atom is -0.465 e. The molecular weight excluding hydrogens is 975 g/mol. The highest BCUT2D eigenvalue weighted by atomic mass is 32.2. The van der Waals surface area contributed by atoms with Crippen LogP contribution in [0, 0.1) is 0 Å². The molecule has 7 amide bonds. The van der Waals surface area contributed by atoms with Gasteiger partial charge in [0.05, 0.1) is 27.4 Å². The van der Waals surface area contributed by atoms with Crippen molar-refractivity contribution in [2.24, 2.45) is 4.99 Å². The molecule has 0 aliphatic rings. The Bertz CT molecular complexity index is 2430. The summed E-state index contributed by atoms with van der Waals surface area (Å²) in [6, 6.07) is 7.46. The van der Waals surface area contributed by atoms with Crippen LogP contribution in [0.15, 0.2) is 64.5 Å². The summed E-state index contributed by atoms with van der Waals surface area (Å²) >= 11 is 0.863. The van der Waals surface area contributed by atoms with Crippen LogP contribution in [0.4, 0.5) is 73.1 Å². The summed E-state index contributed by atoms with van der Waals surface area (Å²) in [5.41, 5.74) is -6.45. The van der Waals surface area contributed by atoms with Crippen molar-refractivity contribution in [1.29, 1.82) is 0 Å². The van der Waals surface area contributed by atoms with Gasteiger partial charge in [0.1, 0.15) is 28.3 Å². The number of hydrogen-bond donors (Lipinski definition) is 8. The number of guanidine groups is 1. The van der Waals surface area contributed by atoms with Crippen molar-refractivity contribution in [3.8, 4) is 11.5 Å². The highest BCUT2D eigenvalue weighted by Gasteiger charge is 2.34. The monoisotopic (exact) mass is 1030 g/mol. The summed E-state index contributed by atoms with van der Waals surface area (Å²) in [6.07, 6.45) is -14.2. The maximum absolute atomic E-state index is 14.4. The number of carbonyl (C=O) groups is 6. The number of ether oxygens (including phenoxy) is 4. The van der Waals surface area contributed by atoms with Gasteiger partial charge in [-0.1, -0.05) is 6.07 Å². The number of carboxylic acid groups (broad SMARTS) is 1. The van der Waals surface area contributed by atoms with E-state index >= 15 is 0 Å². The van der Waals surface area contributed by atoms with Gasteiger partial charge in [-0.15, -0.1) is 16.8 Å². The molecule has 26 heteroatoms. The predicted octanol–water partition coefficient (Wildman–Crippen LogP) is 11.4. The topological polar surface area (TPSA) is 256 Å². The van der Waals surface area contributed by atoms with Gasteiger partial charge >= 0.3 is 42.8 Å². The van der Waals surface area contributed by atoms with E-state index in [1.165, 1.54) is 24.3 Å². The summed E-state index contributed by atoms with van der Waals surface area (Å²) in [7, 11) is 0. The minimum atomic E-state index is -5.00. The number of halogens is 6. The summed E-state index contributed by atoms with van der Waals surface area (Å²) in [6.45, 7) is 14.6. The molecule has 0 aliphatic heterocycles.